The number of hydrogen-bond acceptors (Lipinski definition) is 2. The number of para-hydroxylation sites is 2. The highest BCUT2D eigenvalue weighted by atomic mass is 16.3. The standard InChI is InChI=1S/C24H25N3O/c28-20(17-27-14-11-19-5-1-4-8-24(19)27)16-26-12-9-18(10-13-26)22-15-25-23-7-3-2-6-21(22)23/h1-9,11,14-15,20,25,28H,10,12-13,16-17H2. The molecule has 2 N–H and O–H groups in total. The van der Waals surface area contributed by atoms with Crippen LogP contribution in [0.3, 0.4) is 0 Å². The molecular weight excluding hydrogens is 346 g/mol. The molecule has 0 saturated carbocycles. The third-order valence-electron chi connectivity index (χ3n) is 5.79. The molecule has 0 saturated heterocycles. The monoisotopic (exact) mass is 371 g/mol. The molecular formula is C24H25N3O. The molecule has 4 heteroatoms. The van der Waals surface area contributed by atoms with Gasteiger partial charge < -0.3 is 14.7 Å². The maximum atomic E-state index is 10.6. The van der Waals surface area contributed by atoms with Crippen molar-refractivity contribution < 1.29 is 5.11 Å². The number of hydrogen-bond donors (Lipinski definition) is 2. The minimum Gasteiger partial charge on any atom is -0.390 e. The van der Waals surface area contributed by atoms with Crippen LogP contribution >= 0.6 is 0 Å². The van der Waals surface area contributed by atoms with Crippen molar-refractivity contribution in [2.45, 2.75) is 19.1 Å². The molecule has 0 bridgehead atoms. The van der Waals surface area contributed by atoms with Crippen LogP contribution in [-0.4, -0.2) is 45.3 Å². The van der Waals surface area contributed by atoms with Crippen LogP contribution in [0.2, 0.25) is 0 Å². The van der Waals surface area contributed by atoms with Gasteiger partial charge in [-0.1, -0.05) is 42.5 Å². The zero-order valence-electron chi connectivity index (χ0n) is 15.9. The van der Waals surface area contributed by atoms with Crippen LogP contribution in [-0.2, 0) is 6.54 Å². The number of rotatable bonds is 5. The van der Waals surface area contributed by atoms with Crippen molar-refractivity contribution in [2.24, 2.45) is 0 Å². The van der Waals surface area contributed by atoms with Crippen molar-refractivity contribution in [1.29, 1.82) is 0 Å². The van der Waals surface area contributed by atoms with Crippen molar-refractivity contribution in [3.8, 4) is 0 Å². The highest BCUT2D eigenvalue weighted by Crippen LogP contribution is 2.29. The van der Waals surface area contributed by atoms with Crippen molar-refractivity contribution in [2.75, 3.05) is 19.6 Å². The van der Waals surface area contributed by atoms with Gasteiger partial charge >= 0.3 is 0 Å². The molecule has 0 spiro atoms. The normalized spacial score (nSPS) is 16.5. The molecule has 1 unspecified atom stereocenters. The van der Waals surface area contributed by atoms with Crippen LogP contribution in [0.25, 0.3) is 27.4 Å². The quantitative estimate of drug-likeness (QED) is 0.550. The molecule has 4 nitrogen and oxygen atoms in total. The lowest BCUT2D eigenvalue weighted by atomic mass is 9.99. The van der Waals surface area contributed by atoms with Gasteiger partial charge in [0.1, 0.15) is 0 Å². The van der Waals surface area contributed by atoms with E-state index in [2.05, 4.69) is 81.5 Å². The number of fused-ring (bicyclic) bond motifs is 2. The molecule has 142 valence electrons. The first-order valence-corrected chi connectivity index (χ1v) is 9.98. The number of benzene rings is 2. The third-order valence-corrected chi connectivity index (χ3v) is 5.79. The predicted octanol–water partition coefficient (Wildman–Crippen LogP) is 4.27. The molecule has 1 aliphatic heterocycles. The van der Waals surface area contributed by atoms with E-state index in [-0.39, 0.29) is 6.10 Å². The summed E-state index contributed by atoms with van der Waals surface area (Å²) < 4.78 is 2.15. The number of H-pyrrole nitrogens is 1. The molecule has 0 aliphatic carbocycles. The molecule has 3 heterocycles. The fraction of sp³-hybridized carbons (Fsp3) is 0.250. The van der Waals surface area contributed by atoms with E-state index in [1.165, 1.54) is 32.9 Å². The first kappa shape index (κ1) is 17.3. The summed E-state index contributed by atoms with van der Waals surface area (Å²) >= 11 is 0. The SMILES string of the molecule is OC(CN1CC=C(c2c[nH]c3ccccc23)CC1)Cn1ccc2ccccc21. The van der Waals surface area contributed by atoms with E-state index < -0.39 is 0 Å². The lowest BCUT2D eigenvalue weighted by molar-refractivity contribution is 0.104. The average Bonchev–Trinajstić information content (AvgIpc) is 3.33. The van der Waals surface area contributed by atoms with Crippen LogP contribution in [0, 0.1) is 0 Å². The van der Waals surface area contributed by atoms with Gasteiger partial charge in [-0.2, -0.15) is 0 Å². The number of nitrogens with zero attached hydrogens (tertiary/aromatic N) is 2. The van der Waals surface area contributed by atoms with Crippen molar-refractivity contribution in [3.05, 3.63) is 78.6 Å². The van der Waals surface area contributed by atoms with E-state index in [1.54, 1.807) is 0 Å². The van der Waals surface area contributed by atoms with E-state index in [9.17, 15) is 5.11 Å². The van der Waals surface area contributed by atoms with E-state index in [4.69, 9.17) is 0 Å². The Kier molecular flexibility index (Phi) is 4.51. The largest absolute Gasteiger partial charge is 0.390 e. The number of aliphatic hydroxyl groups excluding tert-OH is 1. The molecule has 0 fully saturated rings. The Labute approximate surface area is 164 Å². The summed E-state index contributed by atoms with van der Waals surface area (Å²) in [6.07, 6.45) is 7.15. The third kappa shape index (κ3) is 3.26. The Morgan fingerprint density at radius 1 is 1.00 bits per heavy atom. The molecule has 1 aliphatic rings. The molecule has 1 atom stereocenters. The van der Waals surface area contributed by atoms with Crippen LogP contribution < -0.4 is 0 Å². The molecule has 5 rings (SSSR count). The van der Waals surface area contributed by atoms with E-state index in [0.717, 1.165) is 19.5 Å². The Morgan fingerprint density at radius 3 is 2.75 bits per heavy atom. The van der Waals surface area contributed by atoms with Crippen LogP contribution in [0.4, 0.5) is 0 Å². The van der Waals surface area contributed by atoms with Crippen LogP contribution in [0.5, 0.6) is 0 Å². The van der Waals surface area contributed by atoms with Gasteiger partial charge in [-0.15, -0.1) is 0 Å². The fourth-order valence-electron chi connectivity index (χ4n) is 4.34. The predicted molar refractivity (Wildman–Crippen MR) is 115 cm³/mol. The summed E-state index contributed by atoms with van der Waals surface area (Å²) in [5.41, 5.74) is 5.09. The van der Waals surface area contributed by atoms with Gasteiger partial charge in [-0.3, -0.25) is 4.90 Å². The Hall–Kier alpha value is -2.82. The minimum absolute atomic E-state index is 0.376. The first-order chi connectivity index (χ1) is 13.8. The van der Waals surface area contributed by atoms with Crippen LogP contribution in [0.1, 0.15) is 12.0 Å². The maximum absolute atomic E-state index is 10.6. The zero-order chi connectivity index (χ0) is 18.9. The van der Waals surface area contributed by atoms with E-state index in [1.807, 2.05) is 6.07 Å². The lowest BCUT2D eigenvalue weighted by Crippen LogP contribution is -2.37. The summed E-state index contributed by atoms with van der Waals surface area (Å²) in [4.78, 5) is 5.71. The molecule has 4 aromatic rings. The molecule has 2 aromatic carbocycles. The van der Waals surface area contributed by atoms with Crippen LogP contribution in [0.15, 0.2) is 73.1 Å². The van der Waals surface area contributed by atoms with Gasteiger partial charge in [-0.25, -0.2) is 0 Å². The van der Waals surface area contributed by atoms with Gasteiger partial charge in [0.15, 0.2) is 0 Å². The number of aromatic amines is 1. The first-order valence-electron chi connectivity index (χ1n) is 9.98. The van der Waals surface area contributed by atoms with E-state index in [0.29, 0.717) is 13.1 Å². The molecule has 0 radical (unpaired) electrons. The summed E-state index contributed by atoms with van der Waals surface area (Å²) in [5.74, 6) is 0. The Morgan fingerprint density at radius 2 is 1.86 bits per heavy atom. The second-order valence-electron chi connectivity index (χ2n) is 7.67. The molecule has 2 aromatic heterocycles. The summed E-state index contributed by atoms with van der Waals surface area (Å²) in [7, 11) is 0. The minimum atomic E-state index is -0.376. The summed E-state index contributed by atoms with van der Waals surface area (Å²) in [6.45, 7) is 3.19. The van der Waals surface area contributed by atoms with Gasteiger partial charge in [0.05, 0.1) is 6.10 Å². The maximum Gasteiger partial charge on any atom is 0.0845 e. The number of nitrogens with one attached hydrogen (secondary N) is 1. The van der Waals surface area contributed by atoms with Gasteiger partial charge in [0.25, 0.3) is 0 Å². The summed E-state index contributed by atoms with van der Waals surface area (Å²) in [5, 5.41) is 13.2. The zero-order valence-corrected chi connectivity index (χ0v) is 15.9. The number of aromatic nitrogens is 2. The number of β-amino-alcohol motifs (C(OH)–C–C–N with tert-alkyl or cyclic N) is 1. The highest BCUT2D eigenvalue weighted by Gasteiger charge is 2.18. The van der Waals surface area contributed by atoms with Gasteiger partial charge in [0.2, 0.25) is 0 Å². The molecule has 28 heavy (non-hydrogen) atoms. The average molecular weight is 371 g/mol. The second-order valence-corrected chi connectivity index (χ2v) is 7.67. The highest BCUT2D eigenvalue weighted by molar-refractivity contribution is 5.92. The topological polar surface area (TPSA) is 44.2 Å². The lowest BCUT2D eigenvalue weighted by Gasteiger charge is -2.28. The Bertz CT molecular complexity index is 1140. The fourth-order valence-corrected chi connectivity index (χ4v) is 4.34. The number of aliphatic hydroxyl groups is 1. The molecule has 0 amide bonds. The van der Waals surface area contributed by atoms with Crippen molar-refractivity contribution in [3.63, 3.8) is 0 Å². The van der Waals surface area contributed by atoms with Crippen molar-refractivity contribution >= 4 is 27.4 Å². The van der Waals surface area contributed by atoms with Gasteiger partial charge in [0, 0.05) is 60.6 Å². The Balaban J connectivity index is 1.24. The van der Waals surface area contributed by atoms with Crippen molar-refractivity contribution in [1.82, 2.24) is 14.5 Å². The van der Waals surface area contributed by atoms with Gasteiger partial charge in [-0.05, 0) is 35.6 Å². The van der Waals surface area contributed by atoms with E-state index >= 15 is 0 Å². The summed E-state index contributed by atoms with van der Waals surface area (Å²) in [6, 6.07) is 18.9. The smallest absolute Gasteiger partial charge is 0.0845 e. The second kappa shape index (κ2) is 7.30.